The van der Waals surface area contributed by atoms with E-state index in [0.717, 1.165) is 16.9 Å². The summed E-state index contributed by atoms with van der Waals surface area (Å²) in [5.74, 6) is 1.52. The van der Waals surface area contributed by atoms with Crippen molar-refractivity contribution in [2.45, 2.75) is 20.0 Å². The summed E-state index contributed by atoms with van der Waals surface area (Å²) in [6.07, 6.45) is 0. The number of fused-ring (bicyclic) bond motifs is 2. The van der Waals surface area contributed by atoms with Crippen LogP contribution in [0.1, 0.15) is 18.1 Å². The number of rotatable bonds is 6. The molecule has 0 bridgehead atoms. The summed E-state index contributed by atoms with van der Waals surface area (Å²) in [6, 6.07) is 13.5. The number of benzene rings is 2. The monoisotopic (exact) mass is 408 g/mol. The number of nitrogens with zero attached hydrogens (tertiary/aromatic N) is 2. The fraction of sp³-hybridized carbons (Fsp3) is 0.391. The van der Waals surface area contributed by atoms with Crippen molar-refractivity contribution in [3.8, 4) is 17.2 Å². The van der Waals surface area contributed by atoms with Gasteiger partial charge in [-0.2, -0.15) is 0 Å². The fourth-order valence-electron chi connectivity index (χ4n) is 4.56. The van der Waals surface area contributed by atoms with Crippen molar-refractivity contribution in [2.24, 2.45) is 11.8 Å². The maximum absolute atomic E-state index is 13.0. The fourth-order valence-corrected chi connectivity index (χ4v) is 4.56. The van der Waals surface area contributed by atoms with Crippen molar-refractivity contribution in [1.82, 2.24) is 9.80 Å². The third-order valence-corrected chi connectivity index (χ3v) is 5.96. The lowest BCUT2D eigenvalue weighted by molar-refractivity contribution is -0.141. The lowest BCUT2D eigenvalue weighted by Gasteiger charge is -2.21. The van der Waals surface area contributed by atoms with Gasteiger partial charge in [-0.05, 0) is 42.3 Å². The maximum atomic E-state index is 13.0. The summed E-state index contributed by atoms with van der Waals surface area (Å²) in [7, 11) is 0. The van der Waals surface area contributed by atoms with Crippen molar-refractivity contribution >= 4 is 11.8 Å². The molecule has 2 aromatic rings. The van der Waals surface area contributed by atoms with Crippen molar-refractivity contribution < 1.29 is 23.8 Å². The number of carbonyl (C=O) groups is 2. The third-order valence-electron chi connectivity index (χ3n) is 5.96. The summed E-state index contributed by atoms with van der Waals surface area (Å²) in [5.41, 5.74) is 1.99. The van der Waals surface area contributed by atoms with E-state index in [1.807, 2.05) is 49.4 Å². The highest BCUT2D eigenvalue weighted by molar-refractivity contribution is 6.05. The van der Waals surface area contributed by atoms with Gasteiger partial charge in [0.2, 0.25) is 18.6 Å². The number of amides is 2. The summed E-state index contributed by atoms with van der Waals surface area (Å²) >= 11 is 0. The van der Waals surface area contributed by atoms with Crippen LogP contribution in [0.2, 0.25) is 0 Å². The molecule has 2 saturated heterocycles. The first-order valence-electron chi connectivity index (χ1n) is 10.3. The van der Waals surface area contributed by atoms with E-state index in [-0.39, 0.29) is 37.0 Å². The predicted molar refractivity (Wildman–Crippen MR) is 108 cm³/mol. The Balaban J connectivity index is 1.24. The second kappa shape index (κ2) is 7.65. The molecular weight excluding hydrogens is 384 g/mol. The molecule has 3 heterocycles. The molecule has 30 heavy (non-hydrogen) atoms. The Hall–Kier alpha value is -3.06. The number of ether oxygens (including phenoxy) is 3. The smallest absolute Gasteiger partial charge is 0.234 e. The van der Waals surface area contributed by atoms with Crippen LogP contribution in [0.15, 0.2) is 42.5 Å². The number of hydrogen-bond donors (Lipinski definition) is 0. The van der Waals surface area contributed by atoms with Gasteiger partial charge in [0.05, 0.1) is 25.0 Å². The summed E-state index contributed by atoms with van der Waals surface area (Å²) in [5, 5.41) is 0. The summed E-state index contributed by atoms with van der Waals surface area (Å²) < 4.78 is 16.3. The van der Waals surface area contributed by atoms with Crippen LogP contribution in [0.5, 0.6) is 17.2 Å². The predicted octanol–water partition coefficient (Wildman–Crippen LogP) is 2.43. The first kappa shape index (κ1) is 18.9. The number of carbonyl (C=O) groups excluding carboxylic acids is 2. The molecule has 0 aliphatic carbocycles. The first-order chi connectivity index (χ1) is 14.6. The highest BCUT2D eigenvalue weighted by Gasteiger charge is 2.52. The van der Waals surface area contributed by atoms with Crippen LogP contribution in [-0.2, 0) is 22.7 Å². The molecule has 0 spiro atoms. The SMILES string of the molecule is CCOc1cccc(CN2CC3C(=O)N(Cc4ccc5c(c4)OCO5)C(=O)C3C2)c1. The zero-order valence-corrected chi connectivity index (χ0v) is 16.9. The first-order valence-corrected chi connectivity index (χ1v) is 10.3. The maximum Gasteiger partial charge on any atom is 0.234 e. The molecule has 3 aliphatic heterocycles. The van der Waals surface area contributed by atoms with Crippen LogP contribution in [0.3, 0.4) is 0 Å². The van der Waals surface area contributed by atoms with Crippen molar-refractivity contribution in [1.29, 1.82) is 0 Å². The molecule has 2 atom stereocenters. The van der Waals surface area contributed by atoms with Crippen molar-refractivity contribution in [3.05, 3.63) is 53.6 Å². The molecule has 0 radical (unpaired) electrons. The van der Waals surface area contributed by atoms with Gasteiger partial charge in [-0.3, -0.25) is 19.4 Å². The van der Waals surface area contributed by atoms with E-state index in [4.69, 9.17) is 14.2 Å². The van der Waals surface area contributed by atoms with Gasteiger partial charge in [0, 0.05) is 19.6 Å². The molecule has 2 aromatic carbocycles. The van der Waals surface area contributed by atoms with Crippen LogP contribution >= 0.6 is 0 Å². The van der Waals surface area contributed by atoms with Crippen LogP contribution in [0.25, 0.3) is 0 Å². The molecule has 7 heteroatoms. The summed E-state index contributed by atoms with van der Waals surface area (Å²) in [4.78, 5) is 29.5. The van der Waals surface area contributed by atoms with Gasteiger partial charge in [0.1, 0.15) is 5.75 Å². The largest absolute Gasteiger partial charge is 0.494 e. The molecule has 5 rings (SSSR count). The van der Waals surface area contributed by atoms with Gasteiger partial charge in [0.25, 0.3) is 0 Å². The Labute approximate surface area is 175 Å². The molecule has 156 valence electrons. The standard InChI is InChI=1S/C23H24N2O5/c1-2-28-17-5-3-4-15(8-17)10-24-12-18-19(13-24)23(27)25(22(18)26)11-16-6-7-20-21(9-16)30-14-29-20/h3-9,18-19H,2,10-14H2,1H3. The Morgan fingerprint density at radius 3 is 2.43 bits per heavy atom. The van der Waals surface area contributed by atoms with Gasteiger partial charge in [0.15, 0.2) is 11.5 Å². The minimum atomic E-state index is -0.262. The number of hydrogen-bond acceptors (Lipinski definition) is 6. The molecule has 2 amide bonds. The molecule has 3 aliphatic rings. The van der Waals surface area contributed by atoms with Gasteiger partial charge in [-0.15, -0.1) is 0 Å². The van der Waals surface area contributed by atoms with Crippen molar-refractivity contribution in [3.63, 3.8) is 0 Å². The van der Waals surface area contributed by atoms with Gasteiger partial charge >= 0.3 is 0 Å². The van der Waals surface area contributed by atoms with E-state index in [9.17, 15) is 9.59 Å². The van der Waals surface area contributed by atoms with Crippen LogP contribution in [-0.4, -0.2) is 48.1 Å². The molecule has 0 saturated carbocycles. The van der Waals surface area contributed by atoms with Gasteiger partial charge in [-0.25, -0.2) is 0 Å². The second-order valence-electron chi connectivity index (χ2n) is 7.94. The minimum absolute atomic E-state index is 0.0757. The molecule has 2 fully saturated rings. The Morgan fingerprint density at radius 2 is 1.67 bits per heavy atom. The minimum Gasteiger partial charge on any atom is -0.494 e. The molecule has 0 aromatic heterocycles. The zero-order valence-electron chi connectivity index (χ0n) is 16.9. The Kier molecular flexibility index (Phi) is 4.83. The Bertz CT molecular complexity index is 967. The quantitative estimate of drug-likeness (QED) is 0.684. The van der Waals surface area contributed by atoms with E-state index < -0.39 is 0 Å². The lowest BCUT2D eigenvalue weighted by atomic mass is 10.00. The number of imide groups is 1. The zero-order chi connectivity index (χ0) is 20.7. The van der Waals surface area contributed by atoms with Crippen LogP contribution in [0, 0.1) is 11.8 Å². The topological polar surface area (TPSA) is 68.3 Å². The lowest BCUT2D eigenvalue weighted by Crippen LogP contribution is -2.35. The second-order valence-corrected chi connectivity index (χ2v) is 7.94. The average molecular weight is 408 g/mol. The molecule has 0 N–H and O–H groups in total. The highest BCUT2D eigenvalue weighted by Crippen LogP contribution is 2.37. The van der Waals surface area contributed by atoms with E-state index in [1.165, 1.54) is 4.90 Å². The molecular formula is C23H24N2O5. The van der Waals surface area contributed by atoms with E-state index in [0.29, 0.717) is 37.7 Å². The third kappa shape index (κ3) is 3.39. The van der Waals surface area contributed by atoms with Gasteiger partial charge < -0.3 is 14.2 Å². The van der Waals surface area contributed by atoms with Crippen LogP contribution < -0.4 is 14.2 Å². The van der Waals surface area contributed by atoms with E-state index >= 15 is 0 Å². The highest BCUT2D eigenvalue weighted by atomic mass is 16.7. The molecule has 7 nitrogen and oxygen atoms in total. The normalized spacial score (nSPS) is 22.6. The Morgan fingerprint density at radius 1 is 0.933 bits per heavy atom. The van der Waals surface area contributed by atoms with E-state index in [2.05, 4.69) is 4.90 Å². The van der Waals surface area contributed by atoms with Crippen LogP contribution in [0.4, 0.5) is 0 Å². The number of likely N-dealkylation sites (tertiary alicyclic amines) is 2. The van der Waals surface area contributed by atoms with Crippen molar-refractivity contribution in [2.75, 3.05) is 26.5 Å². The van der Waals surface area contributed by atoms with Gasteiger partial charge in [-0.1, -0.05) is 18.2 Å². The van der Waals surface area contributed by atoms with E-state index in [1.54, 1.807) is 0 Å². The average Bonchev–Trinajstić information content (AvgIpc) is 3.42. The molecule has 2 unspecified atom stereocenters. The summed E-state index contributed by atoms with van der Waals surface area (Å²) in [6.45, 7) is 4.97.